The van der Waals surface area contributed by atoms with Crippen molar-refractivity contribution >= 4 is 0 Å². The Kier molecular flexibility index (Phi) is 14.7. The van der Waals surface area contributed by atoms with Gasteiger partial charge in [-0.15, -0.1) is 0 Å². The van der Waals surface area contributed by atoms with E-state index in [1.165, 1.54) is 0 Å². The zero-order valence-electron chi connectivity index (χ0n) is 28.9. The van der Waals surface area contributed by atoms with Gasteiger partial charge in [-0.3, -0.25) is 0 Å². The van der Waals surface area contributed by atoms with E-state index in [-0.39, 0.29) is 0 Å². The van der Waals surface area contributed by atoms with Crippen LogP contribution in [0.15, 0.2) is 0 Å². The minimum absolute atomic E-state index is 0.457. The van der Waals surface area contributed by atoms with Crippen LogP contribution in [-0.4, -0.2) is 259 Å². The molecule has 6 fully saturated rings. The Morgan fingerprint density at radius 1 is 0.364 bits per heavy atom. The van der Waals surface area contributed by atoms with E-state index in [1.807, 2.05) is 0 Å². The summed E-state index contributed by atoms with van der Waals surface area (Å²) < 4.78 is 62.2. The largest absolute Gasteiger partial charge is 0.394 e. The minimum atomic E-state index is -1.92. The van der Waals surface area contributed by atoms with Gasteiger partial charge in [0.05, 0.1) is 39.6 Å². The fraction of sp³-hybridized carbons (Fsp3) is 1.00. The predicted molar refractivity (Wildman–Crippen MR) is 163 cm³/mol. The molecule has 55 heavy (non-hydrogen) atoms. The molecule has 320 valence electrons. The standard InChI is InChI=1S/C30H50O25/c31-1-8-13(35)18(40)27(48-8)53-22-7(34)4-46-30(24(22)55-29-20(42)15(37)10(3-33)50-29)52-12-6-47-26(51-11-5-45-25(44)17(39)16(11)38)21(43)23(12)54-28-19(41)14(36)9(2-32)49-28/h7-44H,1-6H2/t7-,8+,9+,10+,11-,12-,13+,14+,15+,16+,17-,18-,19-,20-,21-,22+,23+,24-,25?,26+,27+,28+,29+,30+/m1/s1. The van der Waals surface area contributed by atoms with Gasteiger partial charge in [-0.2, -0.15) is 0 Å². The SMILES string of the molecule is OC[C@@H]1O[C@@H](O[C@@H]2[C@@H](O[C@@H]3O[C@@H](CO)[C@H](O)[C@H]3O)[C@H](O[C@@H]3CO[C@@H](O[C@@H]4COC(O)[C@H](O)[C@H]4O)[C@H](O)[C@H]3O[C@@H]3O[C@@H](CO)[C@H](O)[C@H]3O)OC[C@H]2O)[C@H](O)[C@H]1O. The molecule has 0 aliphatic carbocycles. The number of ether oxygens (including phenoxy) is 11. The zero-order chi connectivity index (χ0) is 39.9. The Morgan fingerprint density at radius 2 is 0.800 bits per heavy atom. The van der Waals surface area contributed by atoms with Crippen LogP contribution < -0.4 is 0 Å². The van der Waals surface area contributed by atoms with Crippen LogP contribution in [0, 0.1) is 0 Å². The minimum Gasteiger partial charge on any atom is -0.394 e. The summed E-state index contributed by atoms with van der Waals surface area (Å²) in [4.78, 5) is 0. The summed E-state index contributed by atoms with van der Waals surface area (Å²) in [5.41, 5.74) is 0. The van der Waals surface area contributed by atoms with Crippen molar-refractivity contribution in [1.82, 2.24) is 0 Å². The van der Waals surface area contributed by atoms with Crippen LogP contribution in [0.25, 0.3) is 0 Å². The molecule has 0 radical (unpaired) electrons. The Labute approximate surface area is 311 Å². The summed E-state index contributed by atoms with van der Waals surface area (Å²) >= 11 is 0. The molecule has 0 aromatic rings. The van der Waals surface area contributed by atoms with Crippen molar-refractivity contribution < 1.29 is 124 Å². The molecule has 6 aliphatic rings. The van der Waals surface area contributed by atoms with Crippen molar-refractivity contribution in [3.63, 3.8) is 0 Å². The summed E-state index contributed by atoms with van der Waals surface area (Å²) in [5.74, 6) is 0. The zero-order valence-corrected chi connectivity index (χ0v) is 28.9. The fourth-order valence-corrected chi connectivity index (χ4v) is 6.99. The first-order chi connectivity index (χ1) is 26.2. The monoisotopic (exact) mass is 810 g/mol. The van der Waals surface area contributed by atoms with E-state index in [9.17, 15) is 71.5 Å². The van der Waals surface area contributed by atoms with Gasteiger partial charge in [-0.25, -0.2) is 0 Å². The van der Waals surface area contributed by atoms with Crippen LogP contribution in [0.1, 0.15) is 0 Å². The topological polar surface area (TPSA) is 385 Å². The molecule has 14 N–H and O–H groups in total. The predicted octanol–water partition coefficient (Wildman–Crippen LogP) is -10.3. The van der Waals surface area contributed by atoms with Gasteiger partial charge >= 0.3 is 0 Å². The Bertz CT molecular complexity index is 1210. The molecule has 25 nitrogen and oxygen atoms in total. The average Bonchev–Trinajstić information content (AvgIpc) is 3.72. The first-order valence-corrected chi connectivity index (χ1v) is 17.6. The lowest BCUT2D eigenvalue weighted by molar-refractivity contribution is -0.377. The van der Waals surface area contributed by atoms with Crippen LogP contribution in [0.4, 0.5) is 0 Å². The Morgan fingerprint density at radius 3 is 1.29 bits per heavy atom. The van der Waals surface area contributed by atoms with E-state index in [2.05, 4.69) is 0 Å². The lowest BCUT2D eigenvalue weighted by atomic mass is 10.0. The third-order valence-electron chi connectivity index (χ3n) is 10.3. The van der Waals surface area contributed by atoms with Crippen LogP contribution in [0.3, 0.4) is 0 Å². The maximum atomic E-state index is 11.5. The van der Waals surface area contributed by atoms with Crippen molar-refractivity contribution in [3.05, 3.63) is 0 Å². The summed E-state index contributed by atoms with van der Waals surface area (Å²) in [6.07, 6.45) is -39.3. The number of aliphatic hydroxyl groups excluding tert-OH is 14. The molecule has 24 atom stereocenters. The number of aliphatic hydroxyl groups is 14. The van der Waals surface area contributed by atoms with E-state index in [0.29, 0.717) is 0 Å². The molecule has 6 saturated heterocycles. The maximum absolute atomic E-state index is 11.5. The second kappa shape index (κ2) is 18.5. The normalized spacial score (nSPS) is 53.6. The first-order valence-electron chi connectivity index (χ1n) is 17.6. The van der Waals surface area contributed by atoms with Gasteiger partial charge in [0.25, 0.3) is 0 Å². The summed E-state index contributed by atoms with van der Waals surface area (Å²) in [6, 6.07) is 0. The first kappa shape index (κ1) is 43.6. The molecule has 0 aromatic heterocycles. The second-order valence-corrected chi connectivity index (χ2v) is 13.9. The molecule has 0 saturated carbocycles. The highest BCUT2D eigenvalue weighted by molar-refractivity contribution is 4.96. The van der Waals surface area contributed by atoms with E-state index >= 15 is 0 Å². The van der Waals surface area contributed by atoms with E-state index in [1.54, 1.807) is 0 Å². The highest BCUT2D eigenvalue weighted by atomic mass is 16.8. The van der Waals surface area contributed by atoms with Crippen molar-refractivity contribution in [2.45, 2.75) is 148 Å². The van der Waals surface area contributed by atoms with Crippen molar-refractivity contribution in [2.75, 3.05) is 39.6 Å². The summed E-state index contributed by atoms with van der Waals surface area (Å²) in [7, 11) is 0. The molecule has 0 bridgehead atoms. The molecule has 0 spiro atoms. The summed E-state index contributed by atoms with van der Waals surface area (Å²) in [6.45, 7) is -3.79. The quantitative estimate of drug-likeness (QED) is 0.0821. The fourth-order valence-electron chi connectivity index (χ4n) is 6.99. The van der Waals surface area contributed by atoms with Crippen molar-refractivity contribution in [1.29, 1.82) is 0 Å². The Balaban J connectivity index is 1.26. The molecule has 6 rings (SSSR count). The molecule has 6 aliphatic heterocycles. The average molecular weight is 811 g/mol. The molecule has 25 heteroatoms. The lowest BCUT2D eigenvalue weighted by Gasteiger charge is -2.46. The third kappa shape index (κ3) is 8.97. The summed E-state index contributed by atoms with van der Waals surface area (Å²) in [5, 5.41) is 144. The van der Waals surface area contributed by atoms with Gasteiger partial charge in [-0.05, 0) is 0 Å². The van der Waals surface area contributed by atoms with Gasteiger partial charge in [0.2, 0.25) is 0 Å². The smallest absolute Gasteiger partial charge is 0.187 e. The molecular formula is C30H50O25. The lowest BCUT2D eigenvalue weighted by Crippen LogP contribution is -2.64. The van der Waals surface area contributed by atoms with Gasteiger partial charge in [0, 0.05) is 0 Å². The third-order valence-corrected chi connectivity index (χ3v) is 10.3. The number of hydrogen-bond acceptors (Lipinski definition) is 25. The van der Waals surface area contributed by atoms with Gasteiger partial charge < -0.3 is 124 Å². The molecule has 1 unspecified atom stereocenters. The van der Waals surface area contributed by atoms with Crippen LogP contribution in [0.2, 0.25) is 0 Å². The highest BCUT2D eigenvalue weighted by Gasteiger charge is 2.56. The van der Waals surface area contributed by atoms with Crippen LogP contribution >= 0.6 is 0 Å². The van der Waals surface area contributed by atoms with E-state index in [0.717, 1.165) is 0 Å². The molecular weight excluding hydrogens is 760 g/mol. The van der Waals surface area contributed by atoms with Crippen LogP contribution in [0.5, 0.6) is 0 Å². The molecule has 0 aromatic carbocycles. The van der Waals surface area contributed by atoms with E-state index in [4.69, 9.17) is 52.1 Å². The molecule has 6 heterocycles. The maximum Gasteiger partial charge on any atom is 0.187 e. The number of hydrogen-bond donors (Lipinski definition) is 14. The second-order valence-electron chi connectivity index (χ2n) is 13.9. The van der Waals surface area contributed by atoms with Crippen molar-refractivity contribution in [3.8, 4) is 0 Å². The highest BCUT2D eigenvalue weighted by Crippen LogP contribution is 2.36. The van der Waals surface area contributed by atoms with Gasteiger partial charge in [0.15, 0.2) is 37.7 Å². The number of rotatable bonds is 13. The van der Waals surface area contributed by atoms with Crippen LogP contribution in [-0.2, 0) is 52.1 Å². The van der Waals surface area contributed by atoms with Crippen molar-refractivity contribution in [2.24, 2.45) is 0 Å². The van der Waals surface area contributed by atoms with Gasteiger partial charge in [0.1, 0.15) is 110 Å². The Hall–Kier alpha value is -1.00. The van der Waals surface area contributed by atoms with Gasteiger partial charge in [-0.1, -0.05) is 0 Å². The molecule has 0 amide bonds. The van der Waals surface area contributed by atoms with E-state index < -0.39 is 187 Å².